The van der Waals surface area contributed by atoms with Crippen LogP contribution in [0.4, 0.5) is 0 Å². The molecule has 23 heavy (non-hydrogen) atoms. The highest BCUT2D eigenvalue weighted by Gasteiger charge is 2.17. The molecular formula is C15H13N3O5. The molecule has 0 amide bonds. The van der Waals surface area contributed by atoms with Crippen molar-refractivity contribution < 1.29 is 23.7 Å². The molecule has 0 aliphatic rings. The third-order valence-corrected chi connectivity index (χ3v) is 2.53. The standard InChI is InChI=1S/C15H13N3O5/c1-4-8-22-14(19)13-10(6-5-7-16-13)23-15-17-11(20-2)9-12(18-15)21-3/h1,5-7,9H,8H2,2-3H3. The summed E-state index contributed by atoms with van der Waals surface area (Å²) >= 11 is 0. The van der Waals surface area contributed by atoms with Crippen LogP contribution in [0.1, 0.15) is 10.5 Å². The van der Waals surface area contributed by atoms with Crippen molar-refractivity contribution in [3.05, 3.63) is 30.1 Å². The zero-order valence-electron chi connectivity index (χ0n) is 12.5. The number of hydrogen-bond acceptors (Lipinski definition) is 8. The highest BCUT2D eigenvalue weighted by atomic mass is 16.5. The van der Waals surface area contributed by atoms with Crippen molar-refractivity contribution in [2.24, 2.45) is 0 Å². The lowest BCUT2D eigenvalue weighted by molar-refractivity contribution is 0.0546. The maximum absolute atomic E-state index is 11.9. The van der Waals surface area contributed by atoms with E-state index in [4.69, 9.17) is 25.4 Å². The molecule has 2 rings (SSSR count). The van der Waals surface area contributed by atoms with Gasteiger partial charge in [0.25, 0.3) is 0 Å². The van der Waals surface area contributed by atoms with Crippen LogP contribution in [0.25, 0.3) is 0 Å². The molecule has 0 bridgehead atoms. The van der Waals surface area contributed by atoms with Gasteiger partial charge in [-0.3, -0.25) is 0 Å². The van der Waals surface area contributed by atoms with Crippen molar-refractivity contribution in [2.45, 2.75) is 0 Å². The van der Waals surface area contributed by atoms with E-state index in [1.807, 2.05) is 0 Å². The van der Waals surface area contributed by atoms with Gasteiger partial charge in [0.1, 0.15) is 0 Å². The highest BCUT2D eigenvalue weighted by molar-refractivity contribution is 5.90. The quantitative estimate of drug-likeness (QED) is 0.584. The first kappa shape index (κ1) is 16.0. The van der Waals surface area contributed by atoms with E-state index in [9.17, 15) is 4.79 Å². The number of pyridine rings is 1. The predicted molar refractivity (Wildman–Crippen MR) is 78.6 cm³/mol. The lowest BCUT2D eigenvalue weighted by Crippen LogP contribution is -2.09. The second-order valence-electron chi connectivity index (χ2n) is 3.97. The van der Waals surface area contributed by atoms with Crippen molar-refractivity contribution in [1.82, 2.24) is 15.0 Å². The monoisotopic (exact) mass is 315 g/mol. The van der Waals surface area contributed by atoms with Crippen LogP contribution in [0.15, 0.2) is 24.4 Å². The molecule has 0 saturated heterocycles. The lowest BCUT2D eigenvalue weighted by atomic mass is 10.3. The fourth-order valence-electron chi connectivity index (χ4n) is 1.54. The number of carbonyl (C=O) groups excluding carboxylic acids is 1. The van der Waals surface area contributed by atoms with Crippen LogP contribution >= 0.6 is 0 Å². The minimum absolute atomic E-state index is 0.0480. The van der Waals surface area contributed by atoms with E-state index in [2.05, 4.69) is 20.9 Å². The van der Waals surface area contributed by atoms with Crippen molar-refractivity contribution in [2.75, 3.05) is 20.8 Å². The fraction of sp³-hybridized carbons (Fsp3) is 0.200. The number of aromatic nitrogens is 3. The van der Waals surface area contributed by atoms with E-state index < -0.39 is 5.97 Å². The van der Waals surface area contributed by atoms with Gasteiger partial charge < -0.3 is 18.9 Å². The van der Waals surface area contributed by atoms with Gasteiger partial charge in [-0.1, -0.05) is 5.92 Å². The number of carbonyl (C=O) groups is 1. The molecule has 0 aliphatic carbocycles. The average Bonchev–Trinajstić information content (AvgIpc) is 2.59. The number of hydrogen-bond donors (Lipinski definition) is 0. The topological polar surface area (TPSA) is 92.7 Å². The first-order valence-electron chi connectivity index (χ1n) is 6.38. The Kier molecular flexibility index (Phi) is 5.30. The summed E-state index contributed by atoms with van der Waals surface area (Å²) in [6.07, 6.45) is 6.48. The van der Waals surface area contributed by atoms with Crippen molar-refractivity contribution >= 4 is 5.97 Å². The molecule has 0 aliphatic heterocycles. The maximum atomic E-state index is 11.9. The fourth-order valence-corrected chi connectivity index (χ4v) is 1.54. The number of methoxy groups -OCH3 is 2. The minimum atomic E-state index is -0.714. The van der Waals surface area contributed by atoms with Gasteiger partial charge in [0.15, 0.2) is 18.1 Å². The second-order valence-corrected chi connectivity index (χ2v) is 3.97. The van der Waals surface area contributed by atoms with E-state index >= 15 is 0 Å². The van der Waals surface area contributed by atoms with Gasteiger partial charge in [0, 0.05) is 6.20 Å². The Morgan fingerprint density at radius 2 is 1.96 bits per heavy atom. The Balaban J connectivity index is 2.30. The summed E-state index contributed by atoms with van der Waals surface area (Å²) in [6.45, 7) is -0.168. The molecule has 2 aromatic rings. The summed E-state index contributed by atoms with van der Waals surface area (Å²) in [4.78, 5) is 23.9. The number of ether oxygens (including phenoxy) is 4. The van der Waals surface area contributed by atoms with Crippen LogP contribution in [0.2, 0.25) is 0 Å². The summed E-state index contributed by atoms with van der Waals surface area (Å²) < 4.78 is 20.4. The Hall–Kier alpha value is -3.34. The van der Waals surface area contributed by atoms with E-state index in [-0.39, 0.29) is 35.8 Å². The molecule has 0 fully saturated rings. The molecule has 8 heteroatoms. The van der Waals surface area contributed by atoms with Crippen molar-refractivity contribution in [3.63, 3.8) is 0 Å². The maximum Gasteiger partial charge on any atom is 0.361 e. The van der Waals surface area contributed by atoms with Crippen LogP contribution in [-0.2, 0) is 4.74 Å². The molecule has 0 atom stereocenters. The molecule has 2 aromatic heterocycles. The van der Waals surface area contributed by atoms with Gasteiger partial charge in [-0.25, -0.2) is 9.78 Å². The smallest absolute Gasteiger partial charge is 0.361 e. The largest absolute Gasteiger partial charge is 0.481 e. The summed E-state index contributed by atoms with van der Waals surface area (Å²) in [7, 11) is 2.89. The molecule has 0 radical (unpaired) electrons. The summed E-state index contributed by atoms with van der Waals surface area (Å²) in [6, 6.07) is 4.53. The normalized spacial score (nSPS) is 9.61. The minimum Gasteiger partial charge on any atom is -0.481 e. The SMILES string of the molecule is C#CCOC(=O)c1ncccc1Oc1nc(OC)cc(OC)n1. The Morgan fingerprint density at radius 1 is 1.26 bits per heavy atom. The zero-order valence-corrected chi connectivity index (χ0v) is 12.5. The van der Waals surface area contributed by atoms with Crippen LogP contribution in [0.3, 0.4) is 0 Å². The third kappa shape index (κ3) is 4.07. The Bertz CT molecular complexity index is 720. The lowest BCUT2D eigenvalue weighted by Gasteiger charge is -2.09. The summed E-state index contributed by atoms with van der Waals surface area (Å²) in [5.41, 5.74) is -0.0480. The van der Waals surface area contributed by atoms with Crippen LogP contribution in [0.5, 0.6) is 23.5 Å². The van der Waals surface area contributed by atoms with Crippen LogP contribution in [-0.4, -0.2) is 41.7 Å². The zero-order chi connectivity index (χ0) is 16.7. The molecule has 0 aromatic carbocycles. The first-order valence-corrected chi connectivity index (χ1v) is 6.38. The molecule has 0 spiro atoms. The second kappa shape index (κ2) is 7.61. The van der Waals surface area contributed by atoms with Crippen molar-refractivity contribution in [3.8, 4) is 35.9 Å². The number of terminal acetylenes is 1. The van der Waals surface area contributed by atoms with Crippen LogP contribution in [0, 0.1) is 12.3 Å². The summed E-state index contributed by atoms with van der Waals surface area (Å²) in [5.74, 6) is 2.08. The molecular weight excluding hydrogens is 302 g/mol. The third-order valence-electron chi connectivity index (χ3n) is 2.53. The van der Waals surface area contributed by atoms with Crippen LogP contribution < -0.4 is 14.2 Å². The van der Waals surface area contributed by atoms with E-state index in [1.54, 1.807) is 6.07 Å². The summed E-state index contributed by atoms with van der Waals surface area (Å²) in [5, 5.41) is 0. The molecule has 2 heterocycles. The molecule has 8 nitrogen and oxygen atoms in total. The highest BCUT2D eigenvalue weighted by Crippen LogP contribution is 2.25. The average molecular weight is 315 g/mol. The van der Waals surface area contributed by atoms with Gasteiger partial charge in [-0.05, 0) is 12.1 Å². The van der Waals surface area contributed by atoms with Gasteiger partial charge in [-0.2, -0.15) is 9.97 Å². The van der Waals surface area contributed by atoms with Gasteiger partial charge in [0.2, 0.25) is 11.8 Å². The number of rotatable bonds is 6. The van der Waals surface area contributed by atoms with E-state index in [0.29, 0.717) is 0 Å². The Morgan fingerprint density at radius 3 is 2.57 bits per heavy atom. The van der Waals surface area contributed by atoms with E-state index in [0.717, 1.165) is 0 Å². The van der Waals surface area contributed by atoms with Gasteiger partial charge in [0.05, 0.1) is 20.3 Å². The van der Waals surface area contributed by atoms with Gasteiger partial charge in [-0.15, -0.1) is 6.42 Å². The molecule has 0 unspecified atom stereocenters. The van der Waals surface area contributed by atoms with E-state index in [1.165, 1.54) is 32.5 Å². The predicted octanol–water partition coefficient (Wildman–Crippen LogP) is 1.47. The van der Waals surface area contributed by atoms with Gasteiger partial charge >= 0.3 is 12.0 Å². The first-order chi connectivity index (χ1) is 11.2. The number of nitrogens with zero attached hydrogens (tertiary/aromatic N) is 3. The number of esters is 1. The molecule has 0 saturated carbocycles. The molecule has 118 valence electrons. The van der Waals surface area contributed by atoms with Crippen molar-refractivity contribution in [1.29, 1.82) is 0 Å². The molecule has 0 N–H and O–H groups in total. The Labute approximate surface area is 132 Å².